The van der Waals surface area contributed by atoms with Gasteiger partial charge in [0.15, 0.2) is 0 Å². The van der Waals surface area contributed by atoms with Crippen molar-refractivity contribution < 1.29 is 27.7 Å². The summed E-state index contributed by atoms with van der Waals surface area (Å²) in [5.74, 6) is 0. The van der Waals surface area contributed by atoms with E-state index in [0.29, 0.717) is 0 Å². The summed E-state index contributed by atoms with van der Waals surface area (Å²) >= 11 is 4.22. The van der Waals surface area contributed by atoms with Crippen molar-refractivity contribution in [3.05, 3.63) is 10.8 Å². The Morgan fingerprint density at radius 2 is 1.00 bits per heavy atom. The van der Waals surface area contributed by atoms with Crippen LogP contribution in [-0.2, 0) is 27.7 Å². The third-order valence-electron chi connectivity index (χ3n) is 0. The third-order valence-corrected chi connectivity index (χ3v) is 0. The quantitative estimate of drug-likeness (QED) is 0.373. The Morgan fingerprint density at radius 1 is 1.00 bits per heavy atom. The zero-order chi connectivity index (χ0) is 5.41. The van der Waals surface area contributed by atoms with Gasteiger partial charge < -0.3 is 0 Å². The molecule has 0 spiro atoms. The van der Waals surface area contributed by atoms with Crippen molar-refractivity contribution in [1.82, 2.24) is 0 Å². The van der Waals surface area contributed by atoms with Crippen molar-refractivity contribution in [3.8, 4) is 0 Å². The van der Waals surface area contributed by atoms with Gasteiger partial charge in [0.25, 0.3) is 0 Å². The van der Waals surface area contributed by atoms with Crippen LogP contribution in [0.25, 0.3) is 10.8 Å². The topological polar surface area (TPSA) is 44.6 Å². The zero-order valence-electron chi connectivity index (χ0n) is 3.42. The first kappa shape index (κ1) is 15.7. The minimum absolute atomic E-state index is 0. The molecule has 0 radical (unpaired) electrons. The Labute approximate surface area is 78.3 Å². The molecule has 0 amide bonds. The molecule has 7 heavy (non-hydrogen) atoms. The van der Waals surface area contributed by atoms with Crippen LogP contribution in [0.5, 0.6) is 0 Å². The fourth-order valence-electron chi connectivity index (χ4n) is 0. The fourth-order valence-corrected chi connectivity index (χ4v) is 0. The molecule has 0 unspecified atom stereocenters. The third kappa shape index (κ3) is 146. The SMILES string of the molecule is [Hg+2].[N-]=C=[Se].[N-]=C=[Se]. The maximum atomic E-state index is 7.26. The Hall–Kier alpha value is 1.13. The molecule has 0 N–H and O–H groups in total. The van der Waals surface area contributed by atoms with Crippen molar-refractivity contribution >= 4 is 40.6 Å². The molecule has 0 aromatic heterocycles. The molecule has 32 valence electrons. The average molecular weight is 411 g/mol. The van der Waals surface area contributed by atoms with Crippen LogP contribution in [0.2, 0.25) is 0 Å². The van der Waals surface area contributed by atoms with Gasteiger partial charge in [-0.15, -0.1) is 0 Å². The maximum absolute atomic E-state index is 7.26. The van der Waals surface area contributed by atoms with E-state index in [1.165, 1.54) is 0 Å². The first-order chi connectivity index (χ1) is 2.83. The predicted octanol–water partition coefficient (Wildman–Crippen LogP) is -0.743. The molecule has 0 rings (SSSR count). The van der Waals surface area contributed by atoms with Crippen molar-refractivity contribution in [2.24, 2.45) is 0 Å². The van der Waals surface area contributed by atoms with E-state index in [-0.39, 0.29) is 27.7 Å². The standard InChI is InChI=1S/2CNSe.Hg/c2*2-1-3;/q2*-1;+2. The van der Waals surface area contributed by atoms with Crippen LogP contribution >= 0.6 is 0 Å². The summed E-state index contributed by atoms with van der Waals surface area (Å²) in [6, 6.07) is 0. The molecular formula is C2HgN2Se2. The average Bonchev–Trinajstić information content (AvgIpc) is 1.39. The molecule has 0 heterocycles. The molecule has 0 aliphatic rings. The van der Waals surface area contributed by atoms with E-state index in [9.17, 15) is 0 Å². The Kier molecular flexibility index (Phi) is 61.3. The molecule has 5 heteroatoms. The van der Waals surface area contributed by atoms with Gasteiger partial charge in [-0.05, 0) is 0 Å². The summed E-state index contributed by atoms with van der Waals surface area (Å²) in [4.78, 5) is 0. The Bertz CT molecular complexity index is 67.7. The molecule has 0 saturated carbocycles. The number of nitrogens with zero attached hydrogens (tertiary/aromatic N) is 2. The van der Waals surface area contributed by atoms with Crippen LogP contribution in [0.3, 0.4) is 0 Å². The van der Waals surface area contributed by atoms with Gasteiger partial charge in [-0.25, -0.2) is 0 Å². The van der Waals surface area contributed by atoms with E-state index in [4.69, 9.17) is 10.8 Å². The van der Waals surface area contributed by atoms with E-state index in [1.54, 1.807) is 9.43 Å². The van der Waals surface area contributed by atoms with Crippen LogP contribution in [-0.4, -0.2) is 40.6 Å². The van der Waals surface area contributed by atoms with Crippen LogP contribution in [0.15, 0.2) is 0 Å². The molecule has 0 bridgehead atoms. The fraction of sp³-hybridized carbons (Fsp3) is 0. The van der Waals surface area contributed by atoms with Gasteiger partial charge in [0, 0.05) is 0 Å². The molecule has 0 saturated heterocycles. The molecule has 0 fully saturated rings. The number of hydrogen-bond acceptors (Lipinski definition) is 0. The van der Waals surface area contributed by atoms with Crippen LogP contribution in [0.1, 0.15) is 0 Å². The number of rotatable bonds is 0. The Morgan fingerprint density at radius 3 is 1.00 bits per heavy atom. The molecule has 0 aromatic carbocycles. The first-order valence-electron chi connectivity index (χ1n) is 0.855. The molecule has 0 aliphatic heterocycles. The van der Waals surface area contributed by atoms with E-state index in [0.717, 1.165) is 0 Å². The second-order valence-electron chi connectivity index (χ2n) is 0.183. The summed E-state index contributed by atoms with van der Waals surface area (Å²) in [5, 5.41) is 14.5. The van der Waals surface area contributed by atoms with Crippen LogP contribution in [0.4, 0.5) is 0 Å². The zero-order valence-corrected chi connectivity index (χ0v) is 12.3. The summed E-state index contributed by atoms with van der Waals surface area (Å²) in [7, 11) is 0. The molecule has 0 atom stereocenters. The number of hydrogen-bond donors (Lipinski definition) is 0. The summed E-state index contributed by atoms with van der Waals surface area (Å²) in [5.41, 5.74) is 0. The van der Waals surface area contributed by atoms with Gasteiger partial charge >= 0.3 is 79.1 Å². The van der Waals surface area contributed by atoms with Crippen molar-refractivity contribution in [2.75, 3.05) is 0 Å². The van der Waals surface area contributed by atoms with E-state index >= 15 is 0 Å². The van der Waals surface area contributed by atoms with Crippen molar-refractivity contribution in [1.29, 1.82) is 0 Å². The van der Waals surface area contributed by atoms with E-state index in [1.807, 2.05) is 0 Å². The van der Waals surface area contributed by atoms with E-state index in [2.05, 4.69) is 31.2 Å². The minimum atomic E-state index is 0. The van der Waals surface area contributed by atoms with Gasteiger partial charge in [0.05, 0.1) is 0 Å². The second kappa shape index (κ2) is 27.3. The first-order valence-corrected chi connectivity index (χ1v) is 2.57. The molecular weight excluding hydrogens is 411 g/mol. The summed E-state index contributed by atoms with van der Waals surface area (Å²) in [6.45, 7) is 0. The normalized spacial score (nSPS) is 2.29. The molecule has 2 nitrogen and oxygen atoms in total. The molecule has 0 aliphatic carbocycles. The van der Waals surface area contributed by atoms with Gasteiger partial charge in [0.1, 0.15) is 0 Å². The van der Waals surface area contributed by atoms with Crippen LogP contribution < -0.4 is 0 Å². The van der Waals surface area contributed by atoms with E-state index < -0.39 is 0 Å². The van der Waals surface area contributed by atoms with Crippen molar-refractivity contribution in [3.63, 3.8) is 0 Å². The van der Waals surface area contributed by atoms with Gasteiger partial charge in [-0.2, -0.15) is 0 Å². The molecule has 0 aromatic rings. The van der Waals surface area contributed by atoms with Crippen LogP contribution in [0, 0.1) is 0 Å². The Balaban J connectivity index is -0.0000000400. The summed E-state index contributed by atoms with van der Waals surface area (Å²) in [6.07, 6.45) is 0. The second-order valence-corrected chi connectivity index (χ2v) is 0.949. The summed E-state index contributed by atoms with van der Waals surface area (Å²) < 4.78 is 3.25. The van der Waals surface area contributed by atoms with Gasteiger partial charge in [-0.1, -0.05) is 0 Å². The monoisotopic (exact) mass is 414 g/mol. The van der Waals surface area contributed by atoms with Gasteiger partial charge in [-0.3, -0.25) is 0 Å². The van der Waals surface area contributed by atoms with Crippen molar-refractivity contribution in [2.45, 2.75) is 0 Å². The predicted molar refractivity (Wildman–Crippen MR) is 28.2 cm³/mol. The van der Waals surface area contributed by atoms with Gasteiger partial charge in [0.2, 0.25) is 0 Å².